The molecular formula is C12H11FN2O2. The number of benzene rings is 1. The number of halogens is 1. The van der Waals surface area contributed by atoms with Crippen LogP contribution < -0.4 is 11.2 Å². The lowest BCUT2D eigenvalue weighted by atomic mass is 10.1. The number of aryl methyl sites for hydroxylation is 1. The van der Waals surface area contributed by atoms with E-state index in [1.165, 1.54) is 0 Å². The predicted molar refractivity (Wildman–Crippen MR) is 61.6 cm³/mol. The molecule has 5 heteroatoms. The van der Waals surface area contributed by atoms with Crippen LogP contribution in [0.1, 0.15) is 11.1 Å². The Morgan fingerprint density at radius 3 is 2.71 bits per heavy atom. The summed E-state index contributed by atoms with van der Waals surface area (Å²) in [6.45, 7) is 2.14. The van der Waals surface area contributed by atoms with Crippen molar-refractivity contribution in [1.82, 2.24) is 9.55 Å². The van der Waals surface area contributed by atoms with E-state index in [1.807, 2.05) is 36.2 Å². The minimum atomic E-state index is -0.990. The fourth-order valence-corrected chi connectivity index (χ4v) is 1.57. The van der Waals surface area contributed by atoms with Crippen LogP contribution in [0.4, 0.5) is 4.39 Å². The van der Waals surface area contributed by atoms with Gasteiger partial charge in [-0.3, -0.25) is 14.3 Å². The minimum absolute atomic E-state index is 0.235. The summed E-state index contributed by atoms with van der Waals surface area (Å²) >= 11 is 0. The molecule has 0 aliphatic rings. The van der Waals surface area contributed by atoms with E-state index >= 15 is 0 Å². The first kappa shape index (κ1) is 11.3. The van der Waals surface area contributed by atoms with Gasteiger partial charge in [0.05, 0.1) is 12.7 Å². The summed E-state index contributed by atoms with van der Waals surface area (Å²) in [6.07, 6.45) is 0.924. The number of aromatic amines is 1. The Bertz CT molecular complexity index is 658. The normalized spacial score (nSPS) is 10.5. The quantitative estimate of drug-likeness (QED) is 0.843. The van der Waals surface area contributed by atoms with Crippen molar-refractivity contribution in [3.05, 3.63) is 68.2 Å². The predicted octanol–water partition coefficient (Wildman–Crippen LogP) is 1.03. The van der Waals surface area contributed by atoms with Crippen molar-refractivity contribution < 1.29 is 4.39 Å². The van der Waals surface area contributed by atoms with E-state index < -0.39 is 17.1 Å². The van der Waals surface area contributed by atoms with Crippen LogP contribution in [0.15, 0.2) is 40.1 Å². The van der Waals surface area contributed by atoms with Crippen molar-refractivity contribution >= 4 is 0 Å². The Kier molecular flexibility index (Phi) is 2.91. The third-order valence-corrected chi connectivity index (χ3v) is 2.57. The molecule has 17 heavy (non-hydrogen) atoms. The van der Waals surface area contributed by atoms with E-state index in [1.54, 1.807) is 0 Å². The molecule has 0 bridgehead atoms. The van der Waals surface area contributed by atoms with Gasteiger partial charge in [0.15, 0.2) is 0 Å². The fourth-order valence-electron chi connectivity index (χ4n) is 1.57. The summed E-state index contributed by atoms with van der Waals surface area (Å²) in [5.74, 6) is -0.960. The lowest BCUT2D eigenvalue weighted by Crippen LogP contribution is -2.31. The Morgan fingerprint density at radius 2 is 2.00 bits per heavy atom. The van der Waals surface area contributed by atoms with E-state index in [9.17, 15) is 14.0 Å². The maximum Gasteiger partial charge on any atom is 0.328 e. The van der Waals surface area contributed by atoms with Gasteiger partial charge in [-0.05, 0) is 18.1 Å². The van der Waals surface area contributed by atoms with Crippen LogP contribution in [0, 0.1) is 12.7 Å². The molecule has 0 saturated carbocycles. The maximum absolute atomic E-state index is 13.1. The third-order valence-electron chi connectivity index (χ3n) is 2.57. The van der Waals surface area contributed by atoms with E-state index in [2.05, 4.69) is 0 Å². The van der Waals surface area contributed by atoms with Gasteiger partial charge in [-0.15, -0.1) is 0 Å². The van der Waals surface area contributed by atoms with Gasteiger partial charge in [0, 0.05) is 0 Å². The summed E-state index contributed by atoms with van der Waals surface area (Å²) in [6, 6.07) is 7.48. The summed E-state index contributed by atoms with van der Waals surface area (Å²) < 4.78 is 14.2. The molecule has 0 saturated heterocycles. The van der Waals surface area contributed by atoms with Gasteiger partial charge in [-0.25, -0.2) is 4.79 Å². The fraction of sp³-hybridized carbons (Fsp3) is 0.167. The first-order chi connectivity index (χ1) is 8.08. The topological polar surface area (TPSA) is 54.9 Å². The Hall–Kier alpha value is -2.17. The van der Waals surface area contributed by atoms with Gasteiger partial charge in [0.2, 0.25) is 5.82 Å². The van der Waals surface area contributed by atoms with Gasteiger partial charge in [0.25, 0.3) is 5.56 Å². The van der Waals surface area contributed by atoms with Crippen molar-refractivity contribution in [3.8, 4) is 0 Å². The van der Waals surface area contributed by atoms with Crippen molar-refractivity contribution in [2.24, 2.45) is 0 Å². The summed E-state index contributed by atoms with van der Waals surface area (Å²) in [7, 11) is 0. The Morgan fingerprint density at radius 1 is 1.29 bits per heavy atom. The molecule has 0 aliphatic heterocycles. The third kappa shape index (κ3) is 2.33. The second kappa shape index (κ2) is 4.37. The average molecular weight is 234 g/mol. The molecule has 1 heterocycles. The molecule has 0 fully saturated rings. The second-order valence-corrected chi connectivity index (χ2v) is 3.79. The van der Waals surface area contributed by atoms with Crippen molar-refractivity contribution in [2.45, 2.75) is 13.5 Å². The smallest absolute Gasteiger partial charge is 0.293 e. The molecule has 0 amide bonds. The zero-order chi connectivity index (χ0) is 12.4. The maximum atomic E-state index is 13.1. The SMILES string of the molecule is Cc1ccccc1Cn1cc(F)c(=O)[nH]c1=O. The molecule has 1 N–H and O–H groups in total. The van der Waals surface area contributed by atoms with Crippen LogP contribution in [0.5, 0.6) is 0 Å². The lowest BCUT2D eigenvalue weighted by molar-refractivity contribution is 0.565. The number of nitrogens with zero attached hydrogens (tertiary/aromatic N) is 1. The van der Waals surface area contributed by atoms with Crippen LogP contribution in [-0.4, -0.2) is 9.55 Å². The number of nitrogens with one attached hydrogen (secondary N) is 1. The average Bonchev–Trinajstić information content (AvgIpc) is 2.29. The highest BCUT2D eigenvalue weighted by atomic mass is 19.1. The lowest BCUT2D eigenvalue weighted by Gasteiger charge is -2.07. The van der Waals surface area contributed by atoms with Crippen LogP contribution in [0.25, 0.3) is 0 Å². The molecule has 1 aromatic carbocycles. The molecule has 4 nitrogen and oxygen atoms in total. The van der Waals surface area contributed by atoms with E-state index in [-0.39, 0.29) is 6.54 Å². The van der Waals surface area contributed by atoms with Crippen molar-refractivity contribution in [3.63, 3.8) is 0 Å². The van der Waals surface area contributed by atoms with Crippen LogP contribution >= 0.6 is 0 Å². The van der Waals surface area contributed by atoms with Crippen molar-refractivity contribution in [2.75, 3.05) is 0 Å². The minimum Gasteiger partial charge on any atom is -0.293 e. The number of H-pyrrole nitrogens is 1. The highest BCUT2D eigenvalue weighted by Crippen LogP contribution is 2.07. The van der Waals surface area contributed by atoms with Crippen LogP contribution in [-0.2, 0) is 6.54 Å². The van der Waals surface area contributed by atoms with Gasteiger partial charge in [-0.2, -0.15) is 4.39 Å². The van der Waals surface area contributed by atoms with Crippen molar-refractivity contribution in [1.29, 1.82) is 0 Å². The molecule has 0 aliphatic carbocycles. The van der Waals surface area contributed by atoms with Gasteiger partial charge in [-0.1, -0.05) is 24.3 Å². The standard InChI is InChI=1S/C12H11FN2O2/c1-8-4-2-3-5-9(8)6-15-7-10(13)11(16)14-12(15)17/h2-5,7H,6H2,1H3,(H,14,16,17). The summed E-state index contributed by atoms with van der Waals surface area (Å²) in [4.78, 5) is 24.2. The second-order valence-electron chi connectivity index (χ2n) is 3.79. The first-order valence-corrected chi connectivity index (χ1v) is 5.11. The zero-order valence-electron chi connectivity index (χ0n) is 9.24. The van der Waals surface area contributed by atoms with Gasteiger partial charge in [0.1, 0.15) is 0 Å². The molecule has 0 spiro atoms. The summed E-state index contributed by atoms with van der Waals surface area (Å²) in [5, 5.41) is 0. The van der Waals surface area contributed by atoms with Crippen LogP contribution in [0.3, 0.4) is 0 Å². The van der Waals surface area contributed by atoms with E-state index in [0.717, 1.165) is 21.9 Å². The molecule has 0 atom stereocenters. The zero-order valence-corrected chi connectivity index (χ0v) is 9.24. The largest absolute Gasteiger partial charge is 0.328 e. The number of aromatic nitrogens is 2. The molecule has 1 aromatic heterocycles. The monoisotopic (exact) mass is 234 g/mol. The van der Waals surface area contributed by atoms with E-state index in [0.29, 0.717) is 0 Å². The molecule has 88 valence electrons. The Labute approximate surface area is 96.4 Å². The van der Waals surface area contributed by atoms with Gasteiger partial charge >= 0.3 is 5.69 Å². The number of hydrogen-bond acceptors (Lipinski definition) is 2. The number of hydrogen-bond donors (Lipinski definition) is 1. The molecule has 0 radical (unpaired) electrons. The molecule has 2 rings (SSSR count). The number of rotatable bonds is 2. The van der Waals surface area contributed by atoms with Crippen LogP contribution in [0.2, 0.25) is 0 Å². The Balaban J connectivity index is 2.44. The van der Waals surface area contributed by atoms with Gasteiger partial charge < -0.3 is 0 Å². The molecule has 0 unspecified atom stereocenters. The highest BCUT2D eigenvalue weighted by Gasteiger charge is 2.05. The summed E-state index contributed by atoms with van der Waals surface area (Å²) in [5.41, 5.74) is 0.308. The highest BCUT2D eigenvalue weighted by molar-refractivity contribution is 5.25. The van der Waals surface area contributed by atoms with E-state index in [4.69, 9.17) is 0 Å². The first-order valence-electron chi connectivity index (χ1n) is 5.11. The molecule has 2 aromatic rings. The molecular weight excluding hydrogens is 223 g/mol.